The summed E-state index contributed by atoms with van der Waals surface area (Å²) >= 11 is 0. The van der Waals surface area contributed by atoms with Gasteiger partial charge in [0, 0.05) is 25.0 Å². The fourth-order valence-electron chi connectivity index (χ4n) is 3.88. The molecule has 4 heteroatoms. The van der Waals surface area contributed by atoms with Gasteiger partial charge in [0.15, 0.2) is 0 Å². The SMILES string of the molecule is CC1CCN(C(=O)C2(C)CCN(Cc3ccccc3)CC2)CC1O. The molecule has 0 radical (unpaired) electrons. The lowest BCUT2D eigenvalue weighted by Gasteiger charge is -2.43. The summed E-state index contributed by atoms with van der Waals surface area (Å²) in [5.74, 6) is 0.544. The van der Waals surface area contributed by atoms with Crippen molar-refractivity contribution in [3.8, 4) is 0 Å². The highest BCUT2D eigenvalue weighted by Gasteiger charge is 2.41. The summed E-state index contributed by atoms with van der Waals surface area (Å²) in [5, 5.41) is 10.1. The highest BCUT2D eigenvalue weighted by atomic mass is 16.3. The third-order valence-corrected chi connectivity index (χ3v) is 5.93. The Kier molecular flexibility index (Phi) is 5.26. The van der Waals surface area contributed by atoms with Crippen LogP contribution >= 0.6 is 0 Å². The lowest BCUT2D eigenvalue weighted by Crippen LogP contribution is -2.53. The largest absolute Gasteiger partial charge is 0.391 e. The molecule has 2 aliphatic rings. The molecule has 1 aromatic carbocycles. The van der Waals surface area contributed by atoms with Crippen LogP contribution < -0.4 is 0 Å². The van der Waals surface area contributed by atoms with Crippen LogP contribution in [0.25, 0.3) is 0 Å². The molecule has 0 aromatic heterocycles. The zero-order valence-electron chi connectivity index (χ0n) is 14.9. The number of aliphatic hydroxyl groups excluding tert-OH is 1. The number of benzene rings is 1. The van der Waals surface area contributed by atoms with E-state index in [2.05, 4.69) is 43.0 Å². The van der Waals surface area contributed by atoms with E-state index in [4.69, 9.17) is 0 Å². The van der Waals surface area contributed by atoms with E-state index in [0.717, 1.165) is 45.4 Å². The minimum atomic E-state index is -0.371. The molecule has 0 aliphatic carbocycles. The van der Waals surface area contributed by atoms with Crippen molar-refractivity contribution in [1.82, 2.24) is 9.80 Å². The maximum atomic E-state index is 13.0. The first-order valence-electron chi connectivity index (χ1n) is 9.22. The van der Waals surface area contributed by atoms with E-state index in [0.29, 0.717) is 12.5 Å². The van der Waals surface area contributed by atoms with Gasteiger partial charge in [-0.3, -0.25) is 9.69 Å². The zero-order valence-corrected chi connectivity index (χ0v) is 14.9. The maximum Gasteiger partial charge on any atom is 0.228 e. The predicted molar refractivity (Wildman–Crippen MR) is 95.4 cm³/mol. The summed E-state index contributed by atoms with van der Waals surface area (Å²) in [5.41, 5.74) is 1.06. The number of piperidine rings is 2. The summed E-state index contributed by atoms with van der Waals surface area (Å²) in [4.78, 5) is 17.3. The molecule has 2 aliphatic heterocycles. The Balaban J connectivity index is 1.55. The van der Waals surface area contributed by atoms with Crippen LogP contribution in [0.3, 0.4) is 0 Å². The fraction of sp³-hybridized carbons (Fsp3) is 0.650. The molecule has 3 rings (SSSR count). The number of carbonyl (C=O) groups excluding carboxylic acids is 1. The van der Waals surface area contributed by atoms with Gasteiger partial charge in [0.1, 0.15) is 0 Å². The van der Waals surface area contributed by atoms with Gasteiger partial charge in [-0.2, -0.15) is 0 Å². The minimum Gasteiger partial charge on any atom is -0.391 e. The first-order chi connectivity index (χ1) is 11.5. The van der Waals surface area contributed by atoms with E-state index in [1.165, 1.54) is 5.56 Å². The van der Waals surface area contributed by atoms with Crippen molar-refractivity contribution in [3.05, 3.63) is 35.9 Å². The number of β-amino-alcohol motifs (C(OH)–C–C–N with tert-alkyl or cyclic N) is 1. The van der Waals surface area contributed by atoms with Crippen LogP contribution in [-0.4, -0.2) is 53.1 Å². The van der Waals surface area contributed by atoms with Crippen molar-refractivity contribution >= 4 is 5.91 Å². The summed E-state index contributed by atoms with van der Waals surface area (Å²) < 4.78 is 0. The molecule has 0 bridgehead atoms. The van der Waals surface area contributed by atoms with E-state index in [-0.39, 0.29) is 17.4 Å². The number of likely N-dealkylation sites (tertiary alicyclic amines) is 2. The standard InChI is InChI=1S/C20H30N2O2/c1-16-8-11-22(15-18(16)23)19(24)20(2)9-12-21(13-10-20)14-17-6-4-3-5-7-17/h3-7,16,18,23H,8-15H2,1-2H3. The van der Waals surface area contributed by atoms with E-state index in [1.54, 1.807) is 0 Å². The van der Waals surface area contributed by atoms with Gasteiger partial charge >= 0.3 is 0 Å². The molecule has 0 spiro atoms. The van der Waals surface area contributed by atoms with Gasteiger partial charge in [0.25, 0.3) is 0 Å². The van der Waals surface area contributed by atoms with E-state index < -0.39 is 0 Å². The lowest BCUT2D eigenvalue weighted by atomic mass is 9.78. The van der Waals surface area contributed by atoms with Gasteiger partial charge in [0.05, 0.1) is 6.10 Å². The van der Waals surface area contributed by atoms with Gasteiger partial charge in [0.2, 0.25) is 5.91 Å². The molecule has 1 N–H and O–H groups in total. The average Bonchev–Trinajstić information content (AvgIpc) is 2.60. The number of nitrogens with zero attached hydrogens (tertiary/aromatic N) is 2. The molecule has 2 atom stereocenters. The molecule has 2 fully saturated rings. The lowest BCUT2D eigenvalue weighted by molar-refractivity contribution is -0.148. The van der Waals surface area contributed by atoms with Crippen molar-refractivity contribution in [2.24, 2.45) is 11.3 Å². The Morgan fingerprint density at radius 3 is 2.50 bits per heavy atom. The molecule has 2 heterocycles. The third kappa shape index (κ3) is 3.81. The Hall–Kier alpha value is -1.39. The average molecular weight is 330 g/mol. The molecule has 1 aromatic rings. The van der Waals surface area contributed by atoms with Crippen molar-refractivity contribution in [2.75, 3.05) is 26.2 Å². The molecule has 24 heavy (non-hydrogen) atoms. The van der Waals surface area contributed by atoms with Crippen molar-refractivity contribution in [1.29, 1.82) is 0 Å². The summed E-state index contributed by atoms with van der Waals surface area (Å²) in [6.45, 7) is 8.36. The first kappa shape index (κ1) is 17.4. The van der Waals surface area contributed by atoms with Gasteiger partial charge in [-0.15, -0.1) is 0 Å². The number of hydrogen-bond donors (Lipinski definition) is 1. The first-order valence-corrected chi connectivity index (χ1v) is 9.22. The van der Waals surface area contributed by atoms with Gasteiger partial charge in [-0.1, -0.05) is 44.2 Å². The van der Waals surface area contributed by atoms with Crippen LogP contribution in [-0.2, 0) is 11.3 Å². The second-order valence-electron chi connectivity index (χ2n) is 7.91. The van der Waals surface area contributed by atoms with Crippen LogP contribution in [0.1, 0.15) is 38.7 Å². The highest BCUT2D eigenvalue weighted by molar-refractivity contribution is 5.82. The summed E-state index contributed by atoms with van der Waals surface area (Å²) in [7, 11) is 0. The van der Waals surface area contributed by atoms with Crippen LogP contribution in [0, 0.1) is 11.3 Å². The van der Waals surface area contributed by atoms with Crippen LogP contribution in [0.4, 0.5) is 0 Å². The van der Waals surface area contributed by atoms with Crippen LogP contribution in [0.2, 0.25) is 0 Å². The van der Waals surface area contributed by atoms with Gasteiger partial charge in [-0.25, -0.2) is 0 Å². The fourth-order valence-corrected chi connectivity index (χ4v) is 3.88. The number of hydrogen-bond acceptors (Lipinski definition) is 3. The molecule has 132 valence electrons. The normalized spacial score (nSPS) is 27.9. The van der Waals surface area contributed by atoms with E-state index in [1.807, 2.05) is 11.0 Å². The third-order valence-electron chi connectivity index (χ3n) is 5.93. The Morgan fingerprint density at radius 2 is 1.88 bits per heavy atom. The zero-order chi connectivity index (χ0) is 17.2. The number of aliphatic hydroxyl groups is 1. The van der Waals surface area contributed by atoms with Crippen LogP contribution in [0.15, 0.2) is 30.3 Å². The maximum absolute atomic E-state index is 13.0. The number of amides is 1. The van der Waals surface area contributed by atoms with E-state index >= 15 is 0 Å². The second kappa shape index (κ2) is 7.24. The van der Waals surface area contributed by atoms with Gasteiger partial charge < -0.3 is 10.0 Å². The molecular formula is C20H30N2O2. The van der Waals surface area contributed by atoms with Crippen molar-refractivity contribution in [3.63, 3.8) is 0 Å². The van der Waals surface area contributed by atoms with Crippen molar-refractivity contribution in [2.45, 2.75) is 45.8 Å². The number of carbonyl (C=O) groups is 1. The highest BCUT2D eigenvalue weighted by Crippen LogP contribution is 2.34. The Labute approximate surface area is 145 Å². The summed E-state index contributed by atoms with van der Waals surface area (Å²) in [6, 6.07) is 10.5. The minimum absolute atomic E-state index is 0.243. The van der Waals surface area contributed by atoms with Crippen LogP contribution in [0.5, 0.6) is 0 Å². The Bertz CT molecular complexity index is 552. The molecule has 4 nitrogen and oxygen atoms in total. The quantitative estimate of drug-likeness (QED) is 0.926. The molecule has 0 saturated carbocycles. The topological polar surface area (TPSA) is 43.8 Å². The second-order valence-corrected chi connectivity index (χ2v) is 7.91. The van der Waals surface area contributed by atoms with Gasteiger partial charge in [-0.05, 0) is 43.8 Å². The summed E-state index contributed by atoms with van der Waals surface area (Å²) in [6.07, 6.45) is 2.34. The molecular weight excluding hydrogens is 300 g/mol. The molecule has 2 unspecified atom stereocenters. The number of rotatable bonds is 3. The Morgan fingerprint density at radius 1 is 1.21 bits per heavy atom. The van der Waals surface area contributed by atoms with E-state index in [9.17, 15) is 9.90 Å². The molecule has 2 saturated heterocycles. The van der Waals surface area contributed by atoms with Crippen molar-refractivity contribution < 1.29 is 9.90 Å². The monoisotopic (exact) mass is 330 g/mol. The predicted octanol–water partition coefficient (Wildman–Crippen LogP) is 2.52. The molecule has 1 amide bonds. The smallest absolute Gasteiger partial charge is 0.228 e.